The molecule has 2 rings (SSSR count). The highest BCUT2D eigenvalue weighted by molar-refractivity contribution is 7.89. The van der Waals surface area contributed by atoms with Gasteiger partial charge in [-0.3, -0.25) is 9.59 Å². The van der Waals surface area contributed by atoms with E-state index in [1.807, 2.05) is 30.3 Å². The Morgan fingerprint density at radius 3 is 2.41 bits per heavy atom. The quantitative estimate of drug-likeness (QED) is 0.718. The number of sulfonamides is 1. The second-order valence-corrected chi connectivity index (χ2v) is 7.90. The van der Waals surface area contributed by atoms with Crippen molar-refractivity contribution < 1.29 is 23.1 Å². The summed E-state index contributed by atoms with van der Waals surface area (Å²) in [6.45, 7) is 1.83. The molecule has 144 valence electrons. The highest BCUT2D eigenvalue weighted by atomic mass is 32.2. The van der Waals surface area contributed by atoms with E-state index in [4.69, 9.17) is 5.11 Å². The number of rotatable bonds is 8. The zero-order valence-electron chi connectivity index (χ0n) is 15.2. The van der Waals surface area contributed by atoms with Crippen LogP contribution in [0.5, 0.6) is 0 Å². The van der Waals surface area contributed by atoms with Crippen molar-refractivity contribution in [1.29, 1.82) is 0 Å². The summed E-state index contributed by atoms with van der Waals surface area (Å²) in [4.78, 5) is 24.4. The number of nitrogens with zero attached hydrogens (tertiary/aromatic N) is 1. The van der Waals surface area contributed by atoms with Crippen LogP contribution in [0.1, 0.15) is 27.9 Å². The minimum Gasteiger partial charge on any atom is -0.481 e. The summed E-state index contributed by atoms with van der Waals surface area (Å²) in [6, 6.07) is 13.5. The van der Waals surface area contributed by atoms with Gasteiger partial charge in [-0.1, -0.05) is 36.4 Å². The summed E-state index contributed by atoms with van der Waals surface area (Å²) in [6.07, 6.45) is -0.183. The lowest BCUT2D eigenvalue weighted by atomic mass is 10.1. The average molecular weight is 390 g/mol. The van der Waals surface area contributed by atoms with Crippen LogP contribution in [0.2, 0.25) is 0 Å². The summed E-state index contributed by atoms with van der Waals surface area (Å²) in [5, 5.41) is 8.73. The lowest BCUT2D eigenvalue weighted by Crippen LogP contribution is -2.29. The van der Waals surface area contributed by atoms with Crippen molar-refractivity contribution in [1.82, 2.24) is 9.62 Å². The molecule has 0 aliphatic rings. The molecule has 0 aromatic heterocycles. The molecule has 0 bridgehead atoms. The highest BCUT2D eigenvalue weighted by Gasteiger charge is 2.20. The Balaban J connectivity index is 2.20. The van der Waals surface area contributed by atoms with Gasteiger partial charge in [0, 0.05) is 25.7 Å². The first kappa shape index (κ1) is 20.6. The Hall–Kier alpha value is -2.71. The molecular weight excluding hydrogens is 368 g/mol. The number of amides is 1. The molecule has 8 heteroatoms. The number of carbonyl (C=O) groups excluding carboxylic acids is 1. The van der Waals surface area contributed by atoms with E-state index in [-0.39, 0.29) is 30.0 Å². The standard InChI is InChI=1S/C19H22N2O5S/c1-14-8-9-16(19(24)21(2)11-10-18(22)23)12-17(14)27(25,26)20-13-15-6-4-3-5-7-15/h3-9,12,20H,10-11,13H2,1-2H3,(H,22,23). The van der Waals surface area contributed by atoms with Crippen molar-refractivity contribution in [2.75, 3.05) is 13.6 Å². The number of carboxylic acids is 1. The van der Waals surface area contributed by atoms with Crippen LogP contribution < -0.4 is 4.72 Å². The fourth-order valence-electron chi connectivity index (χ4n) is 2.46. The summed E-state index contributed by atoms with van der Waals surface area (Å²) in [5.74, 6) is -1.44. The smallest absolute Gasteiger partial charge is 0.305 e. The van der Waals surface area contributed by atoms with Crippen LogP contribution in [-0.4, -0.2) is 43.9 Å². The topological polar surface area (TPSA) is 104 Å². The van der Waals surface area contributed by atoms with Crippen molar-refractivity contribution in [3.63, 3.8) is 0 Å². The first-order valence-corrected chi connectivity index (χ1v) is 9.80. The predicted octanol–water partition coefficient (Wildman–Crippen LogP) is 2.02. The molecule has 7 nitrogen and oxygen atoms in total. The van der Waals surface area contributed by atoms with Gasteiger partial charge in [0.25, 0.3) is 5.91 Å². The number of carbonyl (C=O) groups is 2. The van der Waals surface area contributed by atoms with Gasteiger partial charge in [0.05, 0.1) is 11.3 Å². The van der Waals surface area contributed by atoms with Crippen molar-refractivity contribution in [3.8, 4) is 0 Å². The lowest BCUT2D eigenvalue weighted by molar-refractivity contribution is -0.137. The summed E-state index contributed by atoms with van der Waals surface area (Å²) in [5.41, 5.74) is 1.52. The Morgan fingerprint density at radius 1 is 1.11 bits per heavy atom. The van der Waals surface area contributed by atoms with Crippen molar-refractivity contribution >= 4 is 21.9 Å². The maximum Gasteiger partial charge on any atom is 0.305 e. The summed E-state index contributed by atoms with van der Waals surface area (Å²) < 4.78 is 27.9. The predicted molar refractivity (Wildman–Crippen MR) is 101 cm³/mol. The third-order valence-corrected chi connectivity index (χ3v) is 5.58. The van der Waals surface area contributed by atoms with Gasteiger partial charge in [0.1, 0.15) is 0 Å². The molecule has 0 radical (unpaired) electrons. The van der Waals surface area contributed by atoms with E-state index in [0.29, 0.717) is 5.56 Å². The van der Waals surface area contributed by atoms with Crippen LogP contribution in [0.4, 0.5) is 0 Å². The number of hydrogen-bond donors (Lipinski definition) is 2. The van der Waals surface area contributed by atoms with Crippen LogP contribution >= 0.6 is 0 Å². The van der Waals surface area contributed by atoms with Crippen LogP contribution in [0.3, 0.4) is 0 Å². The molecule has 0 saturated carbocycles. The molecular formula is C19H22N2O5S. The lowest BCUT2D eigenvalue weighted by Gasteiger charge is -2.17. The Bertz CT molecular complexity index is 926. The van der Waals surface area contributed by atoms with Gasteiger partial charge < -0.3 is 10.0 Å². The summed E-state index contributed by atoms with van der Waals surface area (Å²) in [7, 11) is -2.33. The third-order valence-electron chi connectivity index (χ3n) is 4.04. The van der Waals surface area contributed by atoms with E-state index in [2.05, 4.69) is 4.72 Å². The largest absolute Gasteiger partial charge is 0.481 e. The molecule has 2 aromatic rings. The molecule has 0 atom stereocenters. The van der Waals surface area contributed by atoms with Crippen LogP contribution in [0.15, 0.2) is 53.4 Å². The fourth-order valence-corrected chi connectivity index (χ4v) is 3.75. The SMILES string of the molecule is Cc1ccc(C(=O)N(C)CCC(=O)O)cc1S(=O)(=O)NCc1ccccc1. The molecule has 1 amide bonds. The molecule has 0 spiro atoms. The number of nitrogens with one attached hydrogen (secondary N) is 1. The average Bonchev–Trinajstić information content (AvgIpc) is 2.65. The number of aliphatic carboxylic acids is 1. The maximum atomic E-state index is 12.7. The monoisotopic (exact) mass is 390 g/mol. The molecule has 0 saturated heterocycles. The molecule has 0 unspecified atom stereocenters. The third kappa shape index (κ3) is 5.63. The van der Waals surface area contributed by atoms with Gasteiger partial charge in [0.2, 0.25) is 10.0 Å². The Kier molecular flexibility index (Phi) is 6.70. The first-order valence-electron chi connectivity index (χ1n) is 8.32. The molecule has 27 heavy (non-hydrogen) atoms. The molecule has 0 heterocycles. The van der Waals surface area contributed by atoms with Crippen LogP contribution in [0, 0.1) is 6.92 Å². The van der Waals surface area contributed by atoms with Gasteiger partial charge >= 0.3 is 5.97 Å². The fraction of sp³-hybridized carbons (Fsp3) is 0.263. The molecule has 2 N–H and O–H groups in total. The van der Waals surface area contributed by atoms with E-state index in [1.54, 1.807) is 13.0 Å². The first-order chi connectivity index (χ1) is 12.7. The van der Waals surface area contributed by atoms with Gasteiger partial charge in [-0.05, 0) is 30.2 Å². The Morgan fingerprint density at radius 2 is 1.78 bits per heavy atom. The van der Waals surface area contributed by atoms with Gasteiger partial charge in [0.15, 0.2) is 0 Å². The number of hydrogen-bond acceptors (Lipinski definition) is 4. The minimum atomic E-state index is -3.81. The normalized spacial score (nSPS) is 11.2. The van der Waals surface area contributed by atoms with E-state index in [0.717, 1.165) is 5.56 Å². The van der Waals surface area contributed by atoms with Crippen molar-refractivity contribution in [2.24, 2.45) is 0 Å². The Labute approximate surface area is 158 Å². The van der Waals surface area contributed by atoms with Crippen LogP contribution in [-0.2, 0) is 21.4 Å². The van der Waals surface area contributed by atoms with E-state index >= 15 is 0 Å². The zero-order chi connectivity index (χ0) is 20.0. The van der Waals surface area contributed by atoms with E-state index in [1.165, 1.54) is 24.1 Å². The van der Waals surface area contributed by atoms with Gasteiger partial charge in [-0.2, -0.15) is 0 Å². The number of aryl methyl sites for hydroxylation is 1. The second-order valence-electron chi connectivity index (χ2n) is 6.16. The second kappa shape index (κ2) is 8.79. The van der Waals surface area contributed by atoms with Gasteiger partial charge in [-0.25, -0.2) is 13.1 Å². The van der Waals surface area contributed by atoms with Crippen LogP contribution in [0.25, 0.3) is 0 Å². The summed E-state index contributed by atoms with van der Waals surface area (Å²) >= 11 is 0. The minimum absolute atomic E-state index is 0.0240. The highest BCUT2D eigenvalue weighted by Crippen LogP contribution is 2.18. The van der Waals surface area contributed by atoms with Crippen molar-refractivity contribution in [3.05, 3.63) is 65.2 Å². The number of benzene rings is 2. The number of carboxylic acid groups (broad SMARTS) is 1. The van der Waals surface area contributed by atoms with E-state index < -0.39 is 21.9 Å². The zero-order valence-corrected chi connectivity index (χ0v) is 16.0. The molecule has 0 aliphatic heterocycles. The molecule has 2 aromatic carbocycles. The maximum absolute atomic E-state index is 12.7. The van der Waals surface area contributed by atoms with Crippen molar-refractivity contribution in [2.45, 2.75) is 24.8 Å². The molecule has 0 aliphatic carbocycles. The van der Waals surface area contributed by atoms with Gasteiger partial charge in [-0.15, -0.1) is 0 Å². The van der Waals surface area contributed by atoms with E-state index in [9.17, 15) is 18.0 Å². The molecule has 0 fully saturated rings.